The summed E-state index contributed by atoms with van der Waals surface area (Å²) in [6, 6.07) is 11.2. The zero-order valence-electron chi connectivity index (χ0n) is 10.8. The summed E-state index contributed by atoms with van der Waals surface area (Å²) in [5.74, 6) is -0.180. The van der Waals surface area contributed by atoms with Gasteiger partial charge in [-0.3, -0.25) is 4.79 Å². The Hall–Kier alpha value is -1.66. The van der Waals surface area contributed by atoms with E-state index >= 15 is 0 Å². The van der Waals surface area contributed by atoms with Crippen LogP contribution in [0.4, 0.5) is 5.69 Å². The van der Waals surface area contributed by atoms with Gasteiger partial charge in [-0.25, -0.2) is 5.43 Å². The second-order valence-electron chi connectivity index (χ2n) is 4.12. The molecule has 1 aromatic heterocycles. The minimum Gasteiger partial charge on any atom is -0.374 e. The van der Waals surface area contributed by atoms with Gasteiger partial charge >= 0.3 is 0 Å². The fourth-order valence-corrected chi connectivity index (χ4v) is 2.33. The van der Waals surface area contributed by atoms with E-state index in [1.54, 1.807) is 24.5 Å². The Labute approximate surface area is 130 Å². The number of rotatable bonds is 5. The third-order valence-corrected chi connectivity index (χ3v) is 3.87. The second-order valence-corrected chi connectivity index (χ2v) is 6.02. The lowest BCUT2D eigenvalue weighted by Crippen LogP contribution is -2.34. The lowest BCUT2D eigenvalue weighted by molar-refractivity contribution is -0.121. The predicted molar refractivity (Wildman–Crippen MR) is 87.3 cm³/mol. The number of nitrogens with zero attached hydrogens (tertiary/aromatic N) is 1. The van der Waals surface area contributed by atoms with Crippen LogP contribution in [0.15, 0.2) is 51.4 Å². The average Bonchev–Trinajstić information content (AvgIpc) is 2.94. The number of hydrogen-bond donors (Lipinski definition) is 2. The molecular weight excluding hydrogens is 338 g/mol. The minimum atomic E-state index is -0.364. The minimum absolute atomic E-state index is 0.180. The van der Waals surface area contributed by atoms with Gasteiger partial charge in [0.15, 0.2) is 0 Å². The molecule has 0 saturated carbocycles. The van der Waals surface area contributed by atoms with Crippen LogP contribution in [0.3, 0.4) is 0 Å². The van der Waals surface area contributed by atoms with E-state index < -0.39 is 0 Å². The summed E-state index contributed by atoms with van der Waals surface area (Å²) in [5, 5.41) is 9.00. The van der Waals surface area contributed by atoms with Gasteiger partial charge in [-0.2, -0.15) is 5.10 Å². The van der Waals surface area contributed by atoms with E-state index in [4.69, 9.17) is 0 Å². The highest BCUT2D eigenvalue weighted by atomic mass is 79.9. The zero-order chi connectivity index (χ0) is 14.4. The molecule has 0 spiro atoms. The number of anilines is 1. The molecular formula is C14H14BrN3OS. The molecule has 1 aromatic carbocycles. The summed E-state index contributed by atoms with van der Waals surface area (Å²) >= 11 is 4.93. The Morgan fingerprint density at radius 2 is 2.10 bits per heavy atom. The fourth-order valence-electron chi connectivity index (χ4n) is 1.48. The maximum Gasteiger partial charge on any atom is 0.262 e. The van der Waals surface area contributed by atoms with Crippen LogP contribution in [0.25, 0.3) is 0 Å². The van der Waals surface area contributed by atoms with Crippen molar-refractivity contribution in [2.75, 3.05) is 5.32 Å². The largest absolute Gasteiger partial charge is 0.374 e. The quantitative estimate of drug-likeness (QED) is 0.640. The molecule has 104 valence electrons. The molecule has 2 rings (SSSR count). The molecule has 0 bridgehead atoms. The van der Waals surface area contributed by atoms with Crippen molar-refractivity contribution in [1.29, 1.82) is 0 Å². The first-order valence-electron chi connectivity index (χ1n) is 6.03. The van der Waals surface area contributed by atoms with Crippen LogP contribution in [0, 0.1) is 0 Å². The summed E-state index contributed by atoms with van der Waals surface area (Å²) in [7, 11) is 0. The summed E-state index contributed by atoms with van der Waals surface area (Å²) in [6.07, 6.45) is 1.63. The third kappa shape index (κ3) is 4.47. The zero-order valence-corrected chi connectivity index (χ0v) is 13.2. The van der Waals surface area contributed by atoms with Gasteiger partial charge in [-0.1, -0.05) is 22.0 Å². The van der Waals surface area contributed by atoms with Crippen molar-refractivity contribution in [2.24, 2.45) is 5.10 Å². The van der Waals surface area contributed by atoms with Crippen LogP contribution in [0.5, 0.6) is 0 Å². The summed E-state index contributed by atoms with van der Waals surface area (Å²) in [5.41, 5.74) is 3.40. The van der Waals surface area contributed by atoms with E-state index in [2.05, 4.69) is 31.8 Å². The van der Waals surface area contributed by atoms with Crippen molar-refractivity contribution in [3.63, 3.8) is 0 Å². The van der Waals surface area contributed by atoms with E-state index in [0.29, 0.717) is 0 Å². The summed E-state index contributed by atoms with van der Waals surface area (Å²) in [4.78, 5) is 12.8. The fraction of sp³-hybridized carbons (Fsp3) is 0.143. The molecule has 0 aliphatic rings. The smallest absolute Gasteiger partial charge is 0.262 e. The van der Waals surface area contributed by atoms with Crippen molar-refractivity contribution < 1.29 is 4.79 Å². The van der Waals surface area contributed by atoms with Crippen molar-refractivity contribution in [1.82, 2.24) is 5.43 Å². The molecule has 1 amide bonds. The van der Waals surface area contributed by atoms with Crippen molar-refractivity contribution in [3.8, 4) is 0 Å². The first-order chi connectivity index (χ1) is 9.65. The highest BCUT2D eigenvalue weighted by Gasteiger charge is 2.11. The number of nitrogens with one attached hydrogen (secondary N) is 2. The number of hydrogen-bond acceptors (Lipinski definition) is 4. The molecule has 2 N–H and O–H groups in total. The molecule has 0 aliphatic carbocycles. The Bertz CT molecular complexity index is 581. The molecule has 0 unspecified atom stereocenters. The van der Waals surface area contributed by atoms with Crippen molar-refractivity contribution in [3.05, 3.63) is 51.1 Å². The third-order valence-electron chi connectivity index (χ3n) is 2.53. The Morgan fingerprint density at radius 1 is 1.35 bits per heavy atom. The van der Waals surface area contributed by atoms with E-state index in [1.165, 1.54) is 0 Å². The van der Waals surface area contributed by atoms with E-state index in [0.717, 1.165) is 15.0 Å². The molecule has 1 heterocycles. The van der Waals surface area contributed by atoms with Crippen LogP contribution >= 0.6 is 27.3 Å². The van der Waals surface area contributed by atoms with Crippen LogP contribution in [-0.2, 0) is 4.79 Å². The Morgan fingerprint density at radius 3 is 2.75 bits per heavy atom. The molecule has 6 heteroatoms. The average molecular weight is 352 g/mol. The van der Waals surface area contributed by atoms with Gasteiger partial charge in [-0.05, 0) is 42.6 Å². The van der Waals surface area contributed by atoms with Gasteiger partial charge in [-0.15, -0.1) is 11.3 Å². The first-order valence-corrected chi connectivity index (χ1v) is 7.71. The lowest BCUT2D eigenvalue weighted by Gasteiger charge is -2.13. The number of thiophene rings is 1. The van der Waals surface area contributed by atoms with E-state index in [9.17, 15) is 4.79 Å². The van der Waals surface area contributed by atoms with Gasteiger partial charge in [0.1, 0.15) is 6.04 Å². The highest BCUT2D eigenvalue weighted by molar-refractivity contribution is 9.10. The van der Waals surface area contributed by atoms with Crippen LogP contribution in [-0.4, -0.2) is 18.2 Å². The molecule has 0 fully saturated rings. The summed E-state index contributed by atoms with van der Waals surface area (Å²) < 4.78 is 1.00. The molecule has 0 radical (unpaired) electrons. The van der Waals surface area contributed by atoms with Gasteiger partial charge < -0.3 is 5.32 Å². The van der Waals surface area contributed by atoms with E-state index in [-0.39, 0.29) is 11.9 Å². The molecule has 2 aromatic rings. The van der Waals surface area contributed by atoms with Crippen LogP contribution < -0.4 is 10.7 Å². The van der Waals surface area contributed by atoms with Gasteiger partial charge in [0, 0.05) is 15.0 Å². The maximum absolute atomic E-state index is 11.8. The number of hydrazone groups is 1. The lowest BCUT2D eigenvalue weighted by atomic mass is 10.2. The molecule has 0 saturated heterocycles. The SMILES string of the molecule is C[C@@H](Nc1ccc(Br)cc1)C(=O)NN=Cc1cccs1. The van der Waals surface area contributed by atoms with Crippen LogP contribution in [0.2, 0.25) is 0 Å². The standard InChI is InChI=1S/C14H14BrN3OS/c1-10(17-12-6-4-11(15)5-7-12)14(19)18-16-9-13-3-2-8-20-13/h2-10,17H,1H3,(H,18,19)/t10-/m1/s1. The maximum atomic E-state index is 11.8. The monoisotopic (exact) mass is 351 g/mol. The Kier molecular flexibility index (Phi) is 5.31. The molecule has 0 aliphatic heterocycles. The van der Waals surface area contributed by atoms with Gasteiger partial charge in [0.25, 0.3) is 5.91 Å². The molecule has 20 heavy (non-hydrogen) atoms. The first kappa shape index (κ1) is 14.7. The molecule has 4 nitrogen and oxygen atoms in total. The van der Waals surface area contributed by atoms with Crippen molar-refractivity contribution >= 4 is 45.1 Å². The normalized spacial score (nSPS) is 12.3. The Balaban J connectivity index is 1.84. The van der Waals surface area contributed by atoms with Crippen molar-refractivity contribution in [2.45, 2.75) is 13.0 Å². The highest BCUT2D eigenvalue weighted by Crippen LogP contribution is 2.14. The topological polar surface area (TPSA) is 53.5 Å². The number of benzene rings is 1. The van der Waals surface area contributed by atoms with Crippen LogP contribution in [0.1, 0.15) is 11.8 Å². The van der Waals surface area contributed by atoms with Gasteiger partial charge in [0.2, 0.25) is 0 Å². The number of halogens is 1. The summed E-state index contributed by atoms with van der Waals surface area (Å²) in [6.45, 7) is 1.79. The number of carbonyl (C=O) groups excluding carboxylic acids is 1. The molecule has 1 atom stereocenters. The van der Waals surface area contributed by atoms with E-state index in [1.807, 2.05) is 41.8 Å². The predicted octanol–water partition coefficient (Wildman–Crippen LogP) is 3.46. The second kappa shape index (κ2) is 7.21. The van der Waals surface area contributed by atoms with Gasteiger partial charge in [0.05, 0.1) is 6.21 Å². The number of carbonyl (C=O) groups is 1. The number of amides is 1.